The molecule has 0 aliphatic carbocycles. The minimum absolute atomic E-state index is 0.0213. The summed E-state index contributed by atoms with van der Waals surface area (Å²) >= 11 is 6.45. The molecule has 4 amide bonds. The van der Waals surface area contributed by atoms with Crippen molar-refractivity contribution in [3.05, 3.63) is 34.3 Å². The molecule has 4 rings (SSSR count). The van der Waals surface area contributed by atoms with E-state index in [0.717, 1.165) is 31.5 Å². The van der Waals surface area contributed by atoms with Crippen LogP contribution < -0.4 is 0 Å². The maximum absolute atomic E-state index is 12.5. The van der Waals surface area contributed by atoms with Gasteiger partial charge in [-0.3, -0.25) is 19.3 Å². The van der Waals surface area contributed by atoms with Crippen LogP contribution in [-0.4, -0.2) is 82.8 Å². The Bertz CT molecular complexity index is 878. The number of carbonyl (C=O) groups excluding carboxylic acids is 4. The van der Waals surface area contributed by atoms with Gasteiger partial charge < -0.3 is 14.6 Å². The highest BCUT2D eigenvalue weighted by molar-refractivity contribution is 6.31. The Balaban J connectivity index is 1.28. The predicted molar refractivity (Wildman–Crippen MR) is 111 cm³/mol. The van der Waals surface area contributed by atoms with Gasteiger partial charge in [-0.1, -0.05) is 17.7 Å². The van der Waals surface area contributed by atoms with Crippen molar-refractivity contribution in [3.8, 4) is 0 Å². The average Bonchev–Trinajstić information content (AvgIpc) is 3.41. The van der Waals surface area contributed by atoms with Crippen LogP contribution in [0.5, 0.6) is 0 Å². The Morgan fingerprint density at radius 1 is 0.903 bits per heavy atom. The molecular weight excluding hydrogens is 424 g/mol. The van der Waals surface area contributed by atoms with Crippen molar-refractivity contribution >= 4 is 35.4 Å². The molecule has 3 aliphatic rings. The number of piperazine rings is 1. The Labute approximate surface area is 185 Å². The molecule has 9 nitrogen and oxygen atoms in total. The maximum Gasteiger partial charge on any atom is 0.434 e. The Morgan fingerprint density at radius 3 is 2.16 bits per heavy atom. The number of imide groups is 1. The Kier molecular flexibility index (Phi) is 6.43. The van der Waals surface area contributed by atoms with Crippen molar-refractivity contribution in [3.63, 3.8) is 0 Å². The van der Waals surface area contributed by atoms with Gasteiger partial charge >= 0.3 is 6.09 Å². The largest absolute Gasteiger partial charge is 0.434 e. The molecule has 0 aromatic heterocycles. The zero-order chi connectivity index (χ0) is 22.0. The van der Waals surface area contributed by atoms with Crippen molar-refractivity contribution in [1.82, 2.24) is 19.8 Å². The molecule has 0 atom stereocenters. The van der Waals surface area contributed by atoms with Gasteiger partial charge in [0.1, 0.15) is 0 Å². The fourth-order valence-corrected chi connectivity index (χ4v) is 4.27. The third-order valence-electron chi connectivity index (χ3n) is 5.89. The lowest BCUT2D eigenvalue weighted by Crippen LogP contribution is -2.50. The third-order valence-corrected chi connectivity index (χ3v) is 6.24. The number of likely N-dealkylation sites (tertiary alicyclic amines) is 1. The smallest absolute Gasteiger partial charge is 0.339 e. The quantitative estimate of drug-likeness (QED) is 0.653. The molecule has 3 fully saturated rings. The van der Waals surface area contributed by atoms with Gasteiger partial charge in [0.2, 0.25) is 0 Å². The number of rotatable bonds is 4. The second kappa shape index (κ2) is 9.23. The van der Waals surface area contributed by atoms with E-state index < -0.39 is 17.9 Å². The first-order valence-corrected chi connectivity index (χ1v) is 10.9. The van der Waals surface area contributed by atoms with Crippen LogP contribution in [-0.2, 0) is 21.0 Å². The average molecular weight is 449 g/mol. The third kappa shape index (κ3) is 4.83. The zero-order valence-electron chi connectivity index (χ0n) is 17.2. The molecule has 0 spiro atoms. The van der Waals surface area contributed by atoms with E-state index in [1.54, 1.807) is 6.07 Å². The van der Waals surface area contributed by atoms with Crippen molar-refractivity contribution in [2.45, 2.75) is 32.2 Å². The van der Waals surface area contributed by atoms with Crippen molar-refractivity contribution < 1.29 is 24.0 Å². The number of amides is 4. The number of halogens is 1. The normalized spacial score (nSPS) is 20.0. The van der Waals surface area contributed by atoms with E-state index in [1.165, 1.54) is 4.90 Å². The van der Waals surface area contributed by atoms with E-state index in [-0.39, 0.29) is 18.7 Å². The molecule has 0 N–H and O–H groups in total. The van der Waals surface area contributed by atoms with Crippen molar-refractivity contribution in [1.29, 1.82) is 0 Å². The van der Waals surface area contributed by atoms with Gasteiger partial charge in [-0.05, 0) is 30.5 Å². The van der Waals surface area contributed by atoms with Gasteiger partial charge in [-0.2, -0.15) is 0 Å². The number of nitrogens with zero attached hydrogens (tertiary/aromatic N) is 4. The van der Waals surface area contributed by atoms with Crippen LogP contribution in [0.1, 0.15) is 41.6 Å². The van der Waals surface area contributed by atoms with Crippen LogP contribution in [0.2, 0.25) is 5.02 Å². The number of hydrogen-bond acceptors (Lipinski definition) is 6. The van der Waals surface area contributed by atoms with Gasteiger partial charge in [0.25, 0.3) is 17.7 Å². The first kappa shape index (κ1) is 21.6. The summed E-state index contributed by atoms with van der Waals surface area (Å²) in [5.74, 6) is -0.954. The molecule has 1 aromatic carbocycles. The SMILES string of the molecule is O=C(ON1C(=O)CCC1=O)N1CCN(Cc2ccc(C(=O)N3CCCC3)cc2Cl)CC1. The van der Waals surface area contributed by atoms with Gasteiger partial charge in [0, 0.05) is 69.2 Å². The van der Waals surface area contributed by atoms with Crippen LogP contribution in [0.25, 0.3) is 0 Å². The van der Waals surface area contributed by atoms with Crippen LogP contribution in [0.15, 0.2) is 18.2 Å². The highest BCUT2D eigenvalue weighted by Crippen LogP contribution is 2.23. The summed E-state index contributed by atoms with van der Waals surface area (Å²) in [6.07, 6.45) is 1.54. The first-order chi connectivity index (χ1) is 14.9. The summed E-state index contributed by atoms with van der Waals surface area (Å²) in [4.78, 5) is 58.4. The summed E-state index contributed by atoms with van der Waals surface area (Å²) in [7, 11) is 0. The summed E-state index contributed by atoms with van der Waals surface area (Å²) in [5.41, 5.74) is 1.53. The predicted octanol–water partition coefficient (Wildman–Crippen LogP) is 1.89. The monoisotopic (exact) mass is 448 g/mol. The van der Waals surface area contributed by atoms with Gasteiger partial charge in [-0.15, -0.1) is 5.06 Å². The van der Waals surface area contributed by atoms with Crippen molar-refractivity contribution in [2.24, 2.45) is 0 Å². The molecule has 31 heavy (non-hydrogen) atoms. The van der Waals surface area contributed by atoms with E-state index >= 15 is 0 Å². The van der Waals surface area contributed by atoms with E-state index in [0.29, 0.717) is 48.4 Å². The molecule has 1 aromatic rings. The lowest BCUT2D eigenvalue weighted by Gasteiger charge is -2.34. The van der Waals surface area contributed by atoms with E-state index in [4.69, 9.17) is 16.4 Å². The standard InChI is InChI=1S/C21H25ClN4O5/c22-17-13-15(20(29)24-7-1-2-8-24)3-4-16(17)14-23-9-11-25(12-10-23)21(30)31-26-18(27)5-6-19(26)28/h3-4,13H,1-2,5-12,14H2. The minimum Gasteiger partial charge on any atom is -0.339 e. The van der Waals surface area contributed by atoms with Crippen LogP contribution in [0.3, 0.4) is 0 Å². The number of benzene rings is 1. The summed E-state index contributed by atoms with van der Waals surface area (Å²) in [6, 6.07) is 5.44. The van der Waals surface area contributed by atoms with Gasteiger partial charge in [0.15, 0.2) is 0 Å². The highest BCUT2D eigenvalue weighted by Gasteiger charge is 2.35. The number of hydrogen-bond donors (Lipinski definition) is 0. The molecule has 166 valence electrons. The molecule has 3 saturated heterocycles. The second-order valence-corrected chi connectivity index (χ2v) is 8.41. The lowest BCUT2D eigenvalue weighted by atomic mass is 10.1. The Hall–Kier alpha value is -2.65. The molecule has 0 bridgehead atoms. The van der Waals surface area contributed by atoms with E-state index in [2.05, 4.69) is 4.90 Å². The van der Waals surface area contributed by atoms with Crippen LogP contribution >= 0.6 is 11.6 Å². The fourth-order valence-electron chi connectivity index (χ4n) is 4.03. The molecule has 3 heterocycles. The topological polar surface area (TPSA) is 90.5 Å². The fraction of sp³-hybridized carbons (Fsp3) is 0.524. The van der Waals surface area contributed by atoms with Crippen LogP contribution in [0.4, 0.5) is 4.79 Å². The van der Waals surface area contributed by atoms with Gasteiger partial charge in [0.05, 0.1) is 0 Å². The first-order valence-electron chi connectivity index (χ1n) is 10.5. The van der Waals surface area contributed by atoms with E-state index in [1.807, 2.05) is 17.0 Å². The second-order valence-electron chi connectivity index (χ2n) is 8.01. The molecule has 0 unspecified atom stereocenters. The summed E-state index contributed by atoms with van der Waals surface area (Å²) in [6.45, 7) is 4.22. The number of carbonyl (C=O) groups is 4. The van der Waals surface area contributed by atoms with E-state index in [9.17, 15) is 19.2 Å². The summed E-state index contributed by atoms with van der Waals surface area (Å²) < 4.78 is 0. The summed E-state index contributed by atoms with van der Waals surface area (Å²) in [5, 5.41) is 1.12. The maximum atomic E-state index is 12.5. The lowest BCUT2D eigenvalue weighted by molar-refractivity contribution is -0.174. The highest BCUT2D eigenvalue weighted by atomic mass is 35.5. The molecule has 0 saturated carbocycles. The van der Waals surface area contributed by atoms with Gasteiger partial charge in [-0.25, -0.2) is 4.79 Å². The van der Waals surface area contributed by atoms with Crippen LogP contribution in [0, 0.1) is 0 Å². The minimum atomic E-state index is -0.689. The Morgan fingerprint density at radius 2 is 1.55 bits per heavy atom. The molecular formula is C21H25ClN4O5. The molecule has 0 radical (unpaired) electrons. The number of hydroxylamine groups is 2. The zero-order valence-corrected chi connectivity index (χ0v) is 18.0. The molecule has 10 heteroatoms. The van der Waals surface area contributed by atoms with Crippen molar-refractivity contribution in [2.75, 3.05) is 39.3 Å². The molecule has 3 aliphatic heterocycles.